The lowest BCUT2D eigenvalue weighted by Gasteiger charge is -2.06. The molecule has 0 amide bonds. The highest BCUT2D eigenvalue weighted by Gasteiger charge is 2.26. The van der Waals surface area contributed by atoms with Crippen molar-refractivity contribution in [3.8, 4) is 0 Å². The number of nitrogens with one attached hydrogen (secondary N) is 2. The maximum atomic E-state index is 11.8. The number of aromatic amines is 1. The lowest BCUT2D eigenvalue weighted by Crippen LogP contribution is -2.25. The fourth-order valence-corrected chi connectivity index (χ4v) is 2.31. The Bertz CT molecular complexity index is 481. The number of sulfonamides is 1. The second-order valence-electron chi connectivity index (χ2n) is 3.80. The van der Waals surface area contributed by atoms with Crippen molar-refractivity contribution < 1.29 is 21.6 Å². The summed E-state index contributed by atoms with van der Waals surface area (Å²) in [6, 6.07) is 0. The molecule has 2 N–H and O–H groups in total. The van der Waals surface area contributed by atoms with Crippen LogP contribution in [-0.2, 0) is 10.0 Å². The summed E-state index contributed by atoms with van der Waals surface area (Å²) in [7, 11) is -3.70. The molecule has 5 nitrogen and oxygen atoms in total. The van der Waals surface area contributed by atoms with Gasteiger partial charge < -0.3 is 4.98 Å². The minimum Gasteiger partial charge on any atom is -0.332 e. The van der Waals surface area contributed by atoms with Gasteiger partial charge in [-0.25, -0.2) is 18.1 Å². The zero-order chi connectivity index (χ0) is 13.8. The number of imidazole rings is 1. The first-order valence-electron chi connectivity index (χ1n) is 5.29. The van der Waals surface area contributed by atoms with E-state index in [-0.39, 0.29) is 24.4 Å². The van der Waals surface area contributed by atoms with Crippen molar-refractivity contribution in [2.75, 3.05) is 6.54 Å². The van der Waals surface area contributed by atoms with E-state index in [1.54, 1.807) is 6.92 Å². The number of halogens is 3. The normalized spacial score (nSPS) is 12.9. The summed E-state index contributed by atoms with van der Waals surface area (Å²) in [5.41, 5.74) is 0. The van der Waals surface area contributed by atoms with Gasteiger partial charge in [0.15, 0.2) is 5.03 Å². The Kier molecular flexibility index (Phi) is 4.74. The SMILES string of the molecule is Cc1ncc(S(=O)(=O)NCCCCC(F)(F)F)[nH]1. The molecule has 1 aromatic heterocycles. The first-order chi connectivity index (χ1) is 8.21. The van der Waals surface area contributed by atoms with E-state index in [9.17, 15) is 21.6 Å². The van der Waals surface area contributed by atoms with Gasteiger partial charge in [-0.1, -0.05) is 0 Å². The number of hydrogen-bond acceptors (Lipinski definition) is 3. The van der Waals surface area contributed by atoms with Gasteiger partial charge in [0.25, 0.3) is 10.0 Å². The number of aromatic nitrogens is 2. The minimum atomic E-state index is -4.20. The lowest BCUT2D eigenvalue weighted by atomic mass is 10.2. The molecule has 0 aliphatic rings. The van der Waals surface area contributed by atoms with Crippen molar-refractivity contribution in [2.45, 2.75) is 37.4 Å². The second kappa shape index (κ2) is 5.70. The molecule has 0 saturated heterocycles. The van der Waals surface area contributed by atoms with Crippen LogP contribution < -0.4 is 4.72 Å². The van der Waals surface area contributed by atoms with Crippen LogP contribution in [-0.4, -0.2) is 31.1 Å². The Morgan fingerprint density at radius 2 is 2.06 bits per heavy atom. The van der Waals surface area contributed by atoms with Gasteiger partial charge in [-0.3, -0.25) is 0 Å². The molecular formula is C9H14F3N3O2S. The van der Waals surface area contributed by atoms with Gasteiger partial charge in [0.1, 0.15) is 5.82 Å². The molecule has 0 aliphatic heterocycles. The van der Waals surface area contributed by atoms with Crippen LogP contribution in [0.4, 0.5) is 13.2 Å². The molecule has 1 aromatic rings. The third kappa shape index (κ3) is 5.05. The summed E-state index contributed by atoms with van der Waals surface area (Å²) in [6.45, 7) is 1.57. The van der Waals surface area contributed by atoms with Crippen molar-refractivity contribution in [3.63, 3.8) is 0 Å². The van der Waals surface area contributed by atoms with Crippen molar-refractivity contribution in [1.82, 2.24) is 14.7 Å². The second-order valence-corrected chi connectivity index (χ2v) is 5.54. The molecule has 0 atom stereocenters. The molecule has 0 aromatic carbocycles. The van der Waals surface area contributed by atoms with Crippen LogP contribution in [0.25, 0.3) is 0 Å². The van der Waals surface area contributed by atoms with E-state index < -0.39 is 22.6 Å². The average molecular weight is 285 g/mol. The zero-order valence-electron chi connectivity index (χ0n) is 9.71. The Balaban J connectivity index is 2.35. The standard InChI is InChI=1S/C9H14F3N3O2S/c1-7-13-6-8(15-7)18(16,17)14-5-3-2-4-9(10,11)12/h6,14H,2-5H2,1H3,(H,13,15). The summed E-state index contributed by atoms with van der Waals surface area (Å²) < 4.78 is 60.9. The van der Waals surface area contributed by atoms with Gasteiger partial charge >= 0.3 is 6.18 Å². The van der Waals surface area contributed by atoms with Crippen LogP contribution >= 0.6 is 0 Å². The minimum absolute atomic E-state index is 0.0313. The molecule has 1 rings (SSSR count). The molecular weight excluding hydrogens is 271 g/mol. The number of alkyl halides is 3. The summed E-state index contributed by atoms with van der Waals surface area (Å²) in [5.74, 6) is 0.451. The topological polar surface area (TPSA) is 74.8 Å². The molecule has 0 fully saturated rings. The highest BCUT2D eigenvalue weighted by molar-refractivity contribution is 7.89. The van der Waals surface area contributed by atoms with Crippen molar-refractivity contribution in [3.05, 3.63) is 12.0 Å². The molecule has 104 valence electrons. The Morgan fingerprint density at radius 1 is 1.39 bits per heavy atom. The first kappa shape index (κ1) is 15.0. The number of H-pyrrole nitrogens is 1. The maximum absolute atomic E-state index is 11.8. The molecule has 0 radical (unpaired) electrons. The van der Waals surface area contributed by atoms with E-state index in [0.29, 0.717) is 5.82 Å². The number of nitrogens with zero attached hydrogens (tertiary/aromatic N) is 1. The largest absolute Gasteiger partial charge is 0.389 e. The van der Waals surface area contributed by atoms with E-state index in [2.05, 4.69) is 14.7 Å². The highest BCUT2D eigenvalue weighted by atomic mass is 32.2. The van der Waals surface area contributed by atoms with Crippen molar-refractivity contribution in [1.29, 1.82) is 0 Å². The molecule has 1 heterocycles. The van der Waals surface area contributed by atoms with Crippen LogP contribution in [0.3, 0.4) is 0 Å². The van der Waals surface area contributed by atoms with Gasteiger partial charge in [-0.05, 0) is 19.8 Å². The van der Waals surface area contributed by atoms with Crippen LogP contribution in [0.15, 0.2) is 11.2 Å². The number of rotatable bonds is 6. The molecule has 0 bridgehead atoms. The van der Waals surface area contributed by atoms with E-state index in [0.717, 1.165) is 6.20 Å². The summed E-state index contributed by atoms with van der Waals surface area (Å²) in [6.07, 6.45) is -3.91. The van der Waals surface area contributed by atoms with Crippen LogP contribution in [0, 0.1) is 6.92 Å². The number of unbranched alkanes of at least 4 members (excludes halogenated alkanes) is 1. The molecule has 0 unspecified atom stereocenters. The average Bonchev–Trinajstić information content (AvgIpc) is 2.63. The fourth-order valence-electron chi connectivity index (χ4n) is 1.27. The van der Waals surface area contributed by atoms with E-state index in [1.165, 1.54) is 0 Å². The molecule has 0 aliphatic carbocycles. The lowest BCUT2D eigenvalue weighted by molar-refractivity contribution is -0.135. The van der Waals surface area contributed by atoms with E-state index in [4.69, 9.17) is 0 Å². The van der Waals surface area contributed by atoms with E-state index >= 15 is 0 Å². The fraction of sp³-hybridized carbons (Fsp3) is 0.667. The quantitative estimate of drug-likeness (QED) is 0.782. The van der Waals surface area contributed by atoms with Crippen LogP contribution in [0.1, 0.15) is 25.1 Å². The monoisotopic (exact) mass is 285 g/mol. The summed E-state index contributed by atoms with van der Waals surface area (Å²) >= 11 is 0. The number of hydrogen-bond donors (Lipinski definition) is 2. The predicted octanol–water partition coefficient (Wildman–Crippen LogP) is 1.73. The van der Waals surface area contributed by atoms with Crippen molar-refractivity contribution in [2.24, 2.45) is 0 Å². The third-order valence-electron chi connectivity index (χ3n) is 2.15. The molecule has 0 saturated carbocycles. The summed E-state index contributed by atoms with van der Waals surface area (Å²) in [5, 5.41) is -0.0872. The van der Waals surface area contributed by atoms with Gasteiger partial charge in [0, 0.05) is 13.0 Å². The maximum Gasteiger partial charge on any atom is 0.389 e. The summed E-state index contributed by atoms with van der Waals surface area (Å²) in [4.78, 5) is 6.28. The number of aryl methyl sites for hydroxylation is 1. The van der Waals surface area contributed by atoms with Crippen LogP contribution in [0.5, 0.6) is 0 Å². The Hall–Kier alpha value is -1.09. The van der Waals surface area contributed by atoms with E-state index in [1.807, 2.05) is 0 Å². The smallest absolute Gasteiger partial charge is 0.332 e. The highest BCUT2D eigenvalue weighted by Crippen LogP contribution is 2.21. The molecule has 0 spiro atoms. The van der Waals surface area contributed by atoms with Gasteiger partial charge in [-0.2, -0.15) is 13.2 Å². The zero-order valence-corrected chi connectivity index (χ0v) is 10.5. The van der Waals surface area contributed by atoms with Crippen LogP contribution in [0.2, 0.25) is 0 Å². The third-order valence-corrected chi connectivity index (χ3v) is 3.52. The van der Waals surface area contributed by atoms with Crippen molar-refractivity contribution >= 4 is 10.0 Å². The van der Waals surface area contributed by atoms with Gasteiger partial charge in [0.05, 0.1) is 6.20 Å². The van der Waals surface area contributed by atoms with Gasteiger partial charge in [-0.15, -0.1) is 0 Å². The predicted molar refractivity (Wildman–Crippen MR) is 58.4 cm³/mol. The Morgan fingerprint density at radius 3 is 2.56 bits per heavy atom. The first-order valence-corrected chi connectivity index (χ1v) is 6.77. The molecule has 9 heteroatoms. The molecule has 18 heavy (non-hydrogen) atoms. The van der Waals surface area contributed by atoms with Gasteiger partial charge in [0.2, 0.25) is 0 Å². The Labute approximate surface area is 103 Å².